The van der Waals surface area contributed by atoms with Gasteiger partial charge >= 0.3 is 0 Å². The van der Waals surface area contributed by atoms with E-state index in [9.17, 15) is 9.50 Å². The van der Waals surface area contributed by atoms with Crippen LogP contribution in [0.2, 0.25) is 0 Å². The van der Waals surface area contributed by atoms with Crippen LogP contribution < -0.4 is 9.47 Å². The van der Waals surface area contributed by atoms with Gasteiger partial charge in [-0.3, -0.25) is 0 Å². The van der Waals surface area contributed by atoms with Crippen molar-refractivity contribution in [3.8, 4) is 34.1 Å². The van der Waals surface area contributed by atoms with Crippen LogP contribution in [0.5, 0.6) is 11.5 Å². The number of halogens is 1. The number of benzene rings is 2. The van der Waals surface area contributed by atoms with Crippen LogP contribution in [-0.4, -0.2) is 24.5 Å². The number of hydrogen-bond donors (Lipinski definition) is 1. The number of aromatic nitrogens is 1. The molecule has 0 saturated heterocycles. The van der Waals surface area contributed by atoms with Crippen molar-refractivity contribution in [1.29, 1.82) is 0 Å². The largest absolute Gasteiger partial charge is 0.493 e. The van der Waals surface area contributed by atoms with Gasteiger partial charge in [0.15, 0.2) is 17.3 Å². The smallest absolute Gasteiger partial charge is 0.173 e. The Labute approximate surface area is 138 Å². The quantitative estimate of drug-likeness (QED) is 0.774. The summed E-state index contributed by atoms with van der Waals surface area (Å²) in [5, 5.41) is 13.8. The fourth-order valence-corrected chi connectivity index (χ4v) is 2.52. The molecule has 5 nitrogen and oxygen atoms in total. The summed E-state index contributed by atoms with van der Waals surface area (Å²) in [5.41, 5.74) is 2.09. The van der Waals surface area contributed by atoms with Crippen molar-refractivity contribution in [2.45, 2.75) is 6.61 Å². The Morgan fingerprint density at radius 1 is 1.04 bits per heavy atom. The van der Waals surface area contributed by atoms with Crippen molar-refractivity contribution < 1.29 is 23.5 Å². The second kappa shape index (κ2) is 6.72. The van der Waals surface area contributed by atoms with E-state index in [4.69, 9.17) is 14.0 Å². The van der Waals surface area contributed by atoms with Gasteiger partial charge in [-0.05, 0) is 30.3 Å². The summed E-state index contributed by atoms with van der Waals surface area (Å²) in [6, 6.07) is 11.2. The average molecular weight is 329 g/mol. The van der Waals surface area contributed by atoms with Gasteiger partial charge in [-0.25, -0.2) is 4.39 Å². The first kappa shape index (κ1) is 16.0. The van der Waals surface area contributed by atoms with Crippen LogP contribution in [0.4, 0.5) is 4.39 Å². The molecule has 1 N–H and O–H groups in total. The van der Waals surface area contributed by atoms with Gasteiger partial charge in [0.2, 0.25) is 0 Å². The van der Waals surface area contributed by atoms with Gasteiger partial charge in [-0.1, -0.05) is 17.3 Å². The summed E-state index contributed by atoms with van der Waals surface area (Å²) in [5.74, 6) is 1.13. The maximum atomic E-state index is 13.4. The number of nitrogens with zero attached hydrogens (tertiary/aromatic N) is 1. The third kappa shape index (κ3) is 2.83. The van der Waals surface area contributed by atoms with Crippen LogP contribution >= 0.6 is 0 Å². The summed E-state index contributed by atoms with van der Waals surface area (Å²) in [6.45, 7) is -0.293. The Kier molecular flexibility index (Phi) is 4.48. The normalized spacial score (nSPS) is 10.7. The highest BCUT2D eigenvalue weighted by Crippen LogP contribution is 2.37. The SMILES string of the molecule is COc1ccc(-c2onc(-c3cccc(F)c3)c2CO)cc1OC. The molecule has 1 heterocycles. The van der Waals surface area contributed by atoms with Crippen molar-refractivity contribution in [3.05, 3.63) is 53.8 Å². The summed E-state index contributed by atoms with van der Waals surface area (Å²) in [7, 11) is 3.08. The number of aliphatic hydroxyl groups excluding tert-OH is 1. The lowest BCUT2D eigenvalue weighted by atomic mass is 10.0. The van der Waals surface area contributed by atoms with E-state index >= 15 is 0 Å². The first-order valence-electron chi connectivity index (χ1n) is 7.25. The molecule has 1 aromatic heterocycles. The minimum Gasteiger partial charge on any atom is -0.493 e. The third-order valence-electron chi connectivity index (χ3n) is 3.69. The maximum Gasteiger partial charge on any atom is 0.173 e. The average Bonchev–Trinajstić information content (AvgIpc) is 3.05. The lowest BCUT2D eigenvalue weighted by Gasteiger charge is -2.08. The molecule has 0 saturated carbocycles. The standard InChI is InChI=1S/C18H16FNO4/c1-22-15-7-6-12(9-16(15)23-2)18-14(10-21)17(20-24-18)11-4-3-5-13(19)8-11/h3-9,21H,10H2,1-2H3. The number of hydrogen-bond acceptors (Lipinski definition) is 5. The second-order valence-corrected chi connectivity index (χ2v) is 5.08. The highest BCUT2D eigenvalue weighted by molar-refractivity contribution is 5.73. The zero-order valence-electron chi connectivity index (χ0n) is 13.2. The Hall–Kier alpha value is -2.86. The summed E-state index contributed by atoms with van der Waals surface area (Å²) in [6.07, 6.45) is 0. The van der Waals surface area contributed by atoms with Crippen LogP contribution in [0.15, 0.2) is 47.0 Å². The van der Waals surface area contributed by atoms with Crippen LogP contribution in [0, 0.1) is 5.82 Å². The molecule has 124 valence electrons. The van der Waals surface area contributed by atoms with Gasteiger partial charge in [-0.15, -0.1) is 0 Å². The molecule has 0 radical (unpaired) electrons. The molecule has 6 heteroatoms. The van der Waals surface area contributed by atoms with E-state index in [1.807, 2.05) is 0 Å². The summed E-state index contributed by atoms with van der Waals surface area (Å²) in [4.78, 5) is 0. The van der Waals surface area contributed by atoms with Gasteiger partial charge in [0.1, 0.15) is 11.5 Å². The van der Waals surface area contributed by atoms with Crippen molar-refractivity contribution in [1.82, 2.24) is 5.16 Å². The van der Waals surface area contributed by atoms with Crippen LogP contribution in [-0.2, 0) is 6.61 Å². The molecule has 0 aliphatic carbocycles. The Balaban J connectivity index is 2.10. The highest BCUT2D eigenvalue weighted by Gasteiger charge is 2.20. The highest BCUT2D eigenvalue weighted by atomic mass is 19.1. The minimum atomic E-state index is -0.382. The van der Waals surface area contributed by atoms with E-state index in [2.05, 4.69) is 5.16 Å². The van der Waals surface area contributed by atoms with Gasteiger partial charge in [0, 0.05) is 11.1 Å². The van der Waals surface area contributed by atoms with E-state index in [0.29, 0.717) is 39.6 Å². The lowest BCUT2D eigenvalue weighted by Crippen LogP contribution is -1.92. The number of methoxy groups -OCH3 is 2. The molecule has 0 atom stereocenters. The molecular formula is C18H16FNO4. The van der Waals surface area contributed by atoms with Gasteiger partial charge in [-0.2, -0.15) is 0 Å². The van der Waals surface area contributed by atoms with Gasteiger partial charge < -0.3 is 19.1 Å². The topological polar surface area (TPSA) is 64.7 Å². The van der Waals surface area contributed by atoms with Crippen molar-refractivity contribution in [3.63, 3.8) is 0 Å². The molecule has 0 amide bonds. The van der Waals surface area contributed by atoms with Crippen LogP contribution in [0.3, 0.4) is 0 Å². The Morgan fingerprint density at radius 2 is 1.83 bits per heavy atom. The molecule has 2 aromatic carbocycles. The second-order valence-electron chi connectivity index (χ2n) is 5.08. The fraction of sp³-hybridized carbons (Fsp3) is 0.167. The van der Waals surface area contributed by atoms with E-state index in [1.54, 1.807) is 37.4 Å². The molecule has 0 aliphatic heterocycles. The molecule has 0 unspecified atom stereocenters. The predicted molar refractivity (Wildman–Crippen MR) is 86.4 cm³/mol. The molecule has 24 heavy (non-hydrogen) atoms. The van der Waals surface area contributed by atoms with E-state index in [-0.39, 0.29) is 12.4 Å². The minimum absolute atomic E-state index is 0.293. The van der Waals surface area contributed by atoms with E-state index in [1.165, 1.54) is 19.2 Å². The Bertz CT molecular complexity index is 860. The number of aliphatic hydroxyl groups is 1. The zero-order valence-corrected chi connectivity index (χ0v) is 13.2. The maximum absolute atomic E-state index is 13.4. The van der Waals surface area contributed by atoms with E-state index in [0.717, 1.165) is 0 Å². The molecule has 3 aromatic rings. The van der Waals surface area contributed by atoms with Crippen molar-refractivity contribution in [2.75, 3.05) is 14.2 Å². The van der Waals surface area contributed by atoms with Gasteiger partial charge in [0.05, 0.1) is 26.4 Å². The fourth-order valence-electron chi connectivity index (χ4n) is 2.52. The molecule has 3 rings (SSSR count). The summed E-state index contributed by atoms with van der Waals surface area (Å²) < 4.78 is 29.3. The van der Waals surface area contributed by atoms with E-state index < -0.39 is 0 Å². The van der Waals surface area contributed by atoms with Crippen LogP contribution in [0.25, 0.3) is 22.6 Å². The number of rotatable bonds is 5. The first-order valence-corrected chi connectivity index (χ1v) is 7.25. The Morgan fingerprint density at radius 3 is 2.50 bits per heavy atom. The van der Waals surface area contributed by atoms with Crippen molar-refractivity contribution >= 4 is 0 Å². The van der Waals surface area contributed by atoms with Crippen molar-refractivity contribution in [2.24, 2.45) is 0 Å². The predicted octanol–water partition coefficient (Wildman–Crippen LogP) is 3.66. The molecule has 0 spiro atoms. The lowest BCUT2D eigenvalue weighted by molar-refractivity contribution is 0.281. The summed E-state index contributed by atoms with van der Waals surface area (Å²) >= 11 is 0. The van der Waals surface area contributed by atoms with Crippen LogP contribution in [0.1, 0.15) is 5.56 Å². The molecule has 0 fully saturated rings. The number of ether oxygens (including phenoxy) is 2. The first-order chi connectivity index (χ1) is 11.7. The zero-order chi connectivity index (χ0) is 17.1. The molecule has 0 bridgehead atoms. The van der Waals surface area contributed by atoms with Gasteiger partial charge in [0.25, 0.3) is 0 Å². The molecular weight excluding hydrogens is 313 g/mol. The monoisotopic (exact) mass is 329 g/mol. The molecule has 0 aliphatic rings. The third-order valence-corrected chi connectivity index (χ3v) is 3.69.